The Morgan fingerprint density at radius 2 is 1.89 bits per heavy atom. The van der Waals surface area contributed by atoms with Gasteiger partial charge in [0.15, 0.2) is 0 Å². The average Bonchev–Trinajstić information content (AvgIpc) is 2.66. The van der Waals surface area contributed by atoms with E-state index in [-0.39, 0.29) is 23.9 Å². The van der Waals surface area contributed by atoms with E-state index >= 15 is 0 Å². The van der Waals surface area contributed by atoms with Gasteiger partial charge in [-0.2, -0.15) is 0 Å². The third kappa shape index (κ3) is 7.42. The molecule has 0 aliphatic rings. The van der Waals surface area contributed by atoms with E-state index in [4.69, 9.17) is 16.3 Å². The summed E-state index contributed by atoms with van der Waals surface area (Å²) in [5, 5.41) is 3.05. The van der Waals surface area contributed by atoms with Crippen LogP contribution in [-0.2, 0) is 14.8 Å². The van der Waals surface area contributed by atoms with Gasteiger partial charge in [0.05, 0.1) is 12.0 Å². The Morgan fingerprint density at radius 3 is 2.56 bits per heavy atom. The smallest absolute Gasteiger partial charge is 0.240 e. The molecule has 1 amide bonds. The maximum atomic E-state index is 12.1. The molecule has 0 heterocycles. The van der Waals surface area contributed by atoms with Gasteiger partial charge in [-0.1, -0.05) is 17.7 Å². The van der Waals surface area contributed by atoms with Crippen molar-refractivity contribution < 1.29 is 17.9 Å². The molecule has 6 nitrogen and oxygen atoms in total. The van der Waals surface area contributed by atoms with E-state index < -0.39 is 10.0 Å². The van der Waals surface area contributed by atoms with Crippen molar-refractivity contribution >= 4 is 39.3 Å². The van der Waals surface area contributed by atoms with Gasteiger partial charge in [-0.15, -0.1) is 11.8 Å². The topological polar surface area (TPSA) is 84.5 Å². The highest BCUT2D eigenvalue weighted by Gasteiger charge is 2.13. The number of ether oxygens (including phenoxy) is 1. The van der Waals surface area contributed by atoms with Crippen LogP contribution >= 0.6 is 23.4 Å². The van der Waals surface area contributed by atoms with Crippen LogP contribution in [0.3, 0.4) is 0 Å². The second-order valence-corrected chi connectivity index (χ2v) is 8.85. The first-order valence-electron chi connectivity index (χ1n) is 8.19. The molecular weight excluding hydrogens is 408 g/mol. The molecule has 146 valence electrons. The van der Waals surface area contributed by atoms with E-state index in [1.807, 2.05) is 24.3 Å². The lowest BCUT2D eigenvalue weighted by molar-refractivity contribution is -0.120. The molecule has 0 fully saturated rings. The summed E-state index contributed by atoms with van der Waals surface area (Å²) in [4.78, 5) is 13.0. The molecule has 0 bridgehead atoms. The van der Waals surface area contributed by atoms with Crippen LogP contribution in [0.25, 0.3) is 0 Å². The highest BCUT2D eigenvalue weighted by atomic mass is 35.5. The zero-order valence-corrected chi connectivity index (χ0v) is 17.2. The van der Waals surface area contributed by atoms with Gasteiger partial charge in [0.1, 0.15) is 5.75 Å². The summed E-state index contributed by atoms with van der Waals surface area (Å²) in [6.45, 7) is 0.318. The Balaban J connectivity index is 1.65. The van der Waals surface area contributed by atoms with Crippen molar-refractivity contribution in [1.82, 2.24) is 10.0 Å². The fraction of sp³-hybridized carbons (Fsp3) is 0.278. The summed E-state index contributed by atoms with van der Waals surface area (Å²) in [5.41, 5.74) is 0. The van der Waals surface area contributed by atoms with Gasteiger partial charge in [-0.3, -0.25) is 4.79 Å². The highest BCUT2D eigenvalue weighted by Crippen LogP contribution is 2.21. The Morgan fingerprint density at radius 1 is 1.15 bits per heavy atom. The number of halogens is 1. The van der Waals surface area contributed by atoms with E-state index in [0.29, 0.717) is 17.2 Å². The number of carbonyl (C=O) groups excluding carboxylic acids is 1. The van der Waals surface area contributed by atoms with Crippen molar-refractivity contribution in [3.8, 4) is 5.75 Å². The number of carbonyl (C=O) groups is 1. The van der Waals surface area contributed by atoms with Gasteiger partial charge in [-0.05, 0) is 42.5 Å². The summed E-state index contributed by atoms with van der Waals surface area (Å²) in [6.07, 6.45) is 0.345. The standard InChI is InChI=1S/C18H21ClN2O4S2/c1-25-15-5-7-16(8-6-15)26-12-9-18(22)20-10-11-21-27(23,24)17-4-2-3-14(19)13-17/h2-8,13,21H,9-12H2,1H3,(H,20,22). The molecule has 0 spiro atoms. The zero-order valence-electron chi connectivity index (χ0n) is 14.8. The Bertz CT molecular complexity index is 858. The zero-order chi connectivity index (χ0) is 19.7. The van der Waals surface area contributed by atoms with Crippen LogP contribution in [0.1, 0.15) is 6.42 Å². The SMILES string of the molecule is COc1ccc(SCCC(=O)NCCNS(=O)(=O)c2cccc(Cl)c2)cc1. The van der Waals surface area contributed by atoms with E-state index in [1.165, 1.54) is 12.1 Å². The number of benzene rings is 2. The Hall–Kier alpha value is -1.74. The number of rotatable bonds is 10. The number of amides is 1. The molecule has 0 radical (unpaired) electrons. The van der Waals surface area contributed by atoms with Crippen LogP contribution in [0.15, 0.2) is 58.3 Å². The molecule has 0 aliphatic heterocycles. The predicted molar refractivity (Wildman–Crippen MR) is 108 cm³/mol. The lowest BCUT2D eigenvalue weighted by atomic mass is 10.3. The normalized spacial score (nSPS) is 11.2. The van der Waals surface area contributed by atoms with Crippen LogP contribution in [0.2, 0.25) is 5.02 Å². The molecular formula is C18H21ClN2O4S2. The van der Waals surface area contributed by atoms with E-state index in [9.17, 15) is 13.2 Å². The van der Waals surface area contributed by atoms with Crippen molar-refractivity contribution in [2.75, 3.05) is 26.0 Å². The monoisotopic (exact) mass is 428 g/mol. The number of nitrogens with one attached hydrogen (secondary N) is 2. The van der Waals surface area contributed by atoms with Crippen molar-refractivity contribution in [3.05, 3.63) is 53.6 Å². The maximum Gasteiger partial charge on any atom is 0.240 e. The lowest BCUT2D eigenvalue weighted by Gasteiger charge is -2.08. The number of methoxy groups -OCH3 is 1. The molecule has 0 aliphatic carbocycles. The first-order valence-corrected chi connectivity index (χ1v) is 11.0. The molecule has 0 atom stereocenters. The Labute approximate surface area is 168 Å². The summed E-state index contributed by atoms with van der Waals surface area (Å²) >= 11 is 7.37. The first-order chi connectivity index (χ1) is 12.9. The minimum absolute atomic E-state index is 0.0946. The summed E-state index contributed by atoms with van der Waals surface area (Å²) in [7, 11) is -2.03. The molecule has 0 unspecified atom stereocenters. The molecule has 0 aromatic heterocycles. The Kier molecular flexibility index (Phi) is 8.43. The molecule has 2 rings (SSSR count). The second-order valence-electron chi connectivity index (χ2n) is 5.48. The molecule has 0 saturated carbocycles. The van der Waals surface area contributed by atoms with Crippen molar-refractivity contribution in [1.29, 1.82) is 0 Å². The molecule has 2 aromatic rings. The third-order valence-corrected chi connectivity index (χ3v) is 6.21. The van der Waals surface area contributed by atoms with Gasteiger partial charge in [0, 0.05) is 35.2 Å². The van der Waals surface area contributed by atoms with Crippen LogP contribution in [0.4, 0.5) is 0 Å². The number of hydrogen-bond donors (Lipinski definition) is 2. The fourth-order valence-electron chi connectivity index (χ4n) is 2.13. The second kappa shape index (κ2) is 10.6. The van der Waals surface area contributed by atoms with Crippen LogP contribution in [-0.4, -0.2) is 40.3 Å². The van der Waals surface area contributed by atoms with Crippen molar-refractivity contribution in [2.45, 2.75) is 16.2 Å². The largest absolute Gasteiger partial charge is 0.497 e. The predicted octanol–water partition coefficient (Wildman–Crippen LogP) is 2.93. The maximum absolute atomic E-state index is 12.1. The summed E-state index contributed by atoms with van der Waals surface area (Å²) in [6, 6.07) is 13.6. The van der Waals surface area contributed by atoms with E-state index in [1.54, 1.807) is 31.0 Å². The van der Waals surface area contributed by atoms with Gasteiger partial charge in [-0.25, -0.2) is 13.1 Å². The van der Waals surface area contributed by atoms with Crippen LogP contribution in [0, 0.1) is 0 Å². The lowest BCUT2D eigenvalue weighted by Crippen LogP contribution is -2.34. The van der Waals surface area contributed by atoms with Gasteiger partial charge >= 0.3 is 0 Å². The van der Waals surface area contributed by atoms with Gasteiger partial charge in [0.25, 0.3) is 0 Å². The molecule has 2 N–H and O–H groups in total. The van der Waals surface area contributed by atoms with Gasteiger partial charge < -0.3 is 10.1 Å². The van der Waals surface area contributed by atoms with E-state index in [2.05, 4.69) is 10.0 Å². The molecule has 2 aromatic carbocycles. The minimum Gasteiger partial charge on any atom is -0.497 e. The minimum atomic E-state index is -3.64. The van der Waals surface area contributed by atoms with Crippen molar-refractivity contribution in [3.63, 3.8) is 0 Å². The van der Waals surface area contributed by atoms with Crippen LogP contribution < -0.4 is 14.8 Å². The fourth-order valence-corrected chi connectivity index (χ4v) is 4.31. The number of thioether (sulfide) groups is 1. The van der Waals surface area contributed by atoms with E-state index in [0.717, 1.165) is 10.6 Å². The quantitative estimate of drug-likeness (QED) is 0.449. The number of hydrogen-bond acceptors (Lipinski definition) is 5. The summed E-state index contributed by atoms with van der Waals surface area (Å²) < 4.78 is 31.7. The highest BCUT2D eigenvalue weighted by molar-refractivity contribution is 7.99. The van der Waals surface area contributed by atoms with Gasteiger partial charge in [0.2, 0.25) is 15.9 Å². The molecule has 27 heavy (non-hydrogen) atoms. The third-order valence-electron chi connectivity index (χ3n) is 3.50. The molecule has 9 heteroatoms. The first kappa shape index (κ1) is 21.6. The van der Waals surface area contributed by atoms with Crippen LogP contribution in [0.5, 0.6) is 5.75 Å². The summed E-state index contributed by atoms with van der Waals surface area (Å²) in [5.74, 6) is 1.29. The average molecular weight is 429 g/mol. The van der Waals surface area contributed by atoms with Crippen molar-refractivity contribution in [2.24, 2.45) is 0 Å². The number of sulfonamides is 1. The molecule has 0 saturated heterocycles.